The summed E-state index contributed by atoms with van der Waals surface area (Å²) in [5.41, 5.74) is 1.26. The number of Topliss-reactive ketones (excluding diaryl/α,β-unsaturated/α-hetero) is 1. The van der Waals surface area contributed by atoms with Crippen molar-refractivity contribution in [1.82, 2.24) is 0 Å². The summed E-state index contributed by atoms with van der Waals surface area (Å²) in [5.74, 6) is -1.41. The first-order valence-electron chi connectivity index (χ1n) is 9.43. The zero-order chi connectivity index (χ0) is 21.8. The Morgan fingerprint density at radius 3 is 2.43 bits per heavy atom. The molecule has 1 heterocycles. The number of anilines is 2. The van der Waals surface area contributed by atoms with Gasteiger partial charge in [-0.05, 0) is 38.1 Å². The number of carbonyl (C=O) groups excluding carboxylic acids is 4. The molecule has 0 fully saturated rings. The maximum absolute atomic E-state index is 12.6. The van der Waals surface area contributed by atoms with Gasteiger partial charge in [0.15, 0.2) is 11.9 Å². The van der Waals surface area contributed by atoms with E-state index in [0.29, 0.717) is 22.7 Å². The molecule has 2 aromatic rings. The minimum Gasteiger partial charge on any atom is -0.475 e. The van der Waals surface area contributed by atoms with Crippen LogP contribution in [0.5, 0.6) is 5.75 Å². The maximum atomic E-state index is 12.6. The fourth-order valence-electron chi connectivity index (χ4n) is 3.09. The fourth-order valence-corrected chi connectivity index (χ4v) is 3.09. The van der Waals surface area contributed by atoms with Gasteiger partial charge in [0.2, 0.25) is 12.0 Å². The van der Waals surface area contributed by atoms with E-state index in [-0.39, 0.29) is 18.2 Å². The van der Waals surface area contributed by atoms with Gasteiger partial charge in [0.05, 0.1) is 17.9 Å². The van der Waals surface area contributed by atoms with E-state index >= 15 is 0 Å². The molecule has 0 bridgehead atoms. The first-order chi connectivity index (χ1) is 14.3. The lowest BCUT2D eigenvalue weighted by molar-refractivity contribution is -0.160. The lowest BCUT2D eigenvalue weighted by Crippen LogP contribution is -2.48. The molecule has 0 unspecified atom stereocenters. The molecule has 1 aliphatic rings. The SMILES string of the molecule is CC(=O)c1ccccc1NC(=O)[C@H](C)OC(=O)[C@H]1CN(C(C)=O)c2ccccc2O1. The molecular weight excluding hydrogens is 388 g/mol. The van der Waals surface area contributed by atoms with Crippen LogP contribution < -0.4 is 15.0 Å². The molecule has 8 heteroatoms. The van der Waals surface area contributed by atoms with E-state index < -0.39 is 24.1 Å². The van der Waals surface area contributed by atoms with Crippen molar-refractivity contribution >= 4 is 34.9 Å². The van der Waals surface area contributed by atoms with E-state index in [1.807, 2.05) is 0 Å². The van der Waals surface area contributed by atoms with Crippen molar-refractivity contribution in [2.45, 2.75) is 33.0 Å². The largest absolute Gasteiger partial charge is 0.475 e. The van der Waals surface area contributed by atoms with Crippen molar-refractivity contribution in [3.05, 3.63) is 54.1 Å². The number of rotatable bonds is 5. The first-order valence-corrected chi connectivity index (χ1v) is 9.43. The molecule has 1 N–H and O–H groups in total. The Morgan fingerprint density at radius 2 is 1.73 bits per heavy atom. The number of esters is 1. The highest BCUT2D eigenvalue weighted by Gasteiger charge is 2.35. The van der Waals surface area contributed by atoms with Crippen LogP contribution >= 0.6 is 0 Å². The first kappa shape index (κ1) is 21.0. The Kier molecular flexibility index (Phi) is 6.15. The summed E-state index contributed by atoms with van der Waals surface area (Å²) < 4.78 is 10.9. The third-order valence-corrected chi connectivity index (χ3v) is 4.64. The molecule has 8 nitrogen and oxygen atoms in total. The van der Waals surface area contributed by atoms with E-state index in [4.69, 9.17) is 9.47 Å². The average Bonchev–Trinajstić information content (AvgIpc) is 2.72. The topological polar surface area (TPSA) is 102 Å². The number of hydrogen-bond acceptors (Lipinski definition) is 6. The van der Waals surface area contributed by atoms with Crippen molar-refractivity contribution in [3.8, 4) is 5.75 Å². The molecule has 30 heavy (non-hydrogen) atoms. The third kappa shape index (κ3) is 4.48. The van der Waals surface area contributed by atoms with Crippen LogP contribution in [-0.4, -0.2) is 42.3 Å². The number of carbonyl (C=O) groups is 4. The summed E-state index contributed by atoms with van der Waals surface area (Å²) in [7, 11) is 0. The number of ketones is 1. The molecule has 1 aliphatic heterocycles. The van der Waals surface area contributed by atoms with Crippen molar-refractivity contribution < 1.29 is 28.7 Å². The maximum Gasteiger partial charge on any atom is 0.350 e. The smallest absolute Gasteiger partial charge is 0.350 e. The molecule has 0 saturated carbocycles. The summed E-state index contributed by atoms with van der Waals surface area (Å²) in [5, 5.41) is 2.60. The predicted octanol–water partition coefficient (Wildman–Crippen LogP) is 2.57. The van der Waals surface area contributed by atoms with E-state index in [2.05, 4.69) is 5.32 Å². The van der Waals surface area contributed by atoms with Gasteiger partial charge in [-0.2, -0.15) is 0 Å². The van der Waals surface area contributed by atoms with Crippen LogP contribution in [0.3, 0.4) is 0 Å². The van der Waals surface area contributed by atoms with E-state index in [0.717, 1.165) is 0 Å². The lowest BCUT2D eigenvalue weighted by Gasteiger charge is -2.33. The lowest BCUT2D eigenvalue weighted by atomic mass is 10.1. The Bertz CT molecular complexity index is 1000. The van der Waals surface area contributed by atoms with Crippen LogP contribution in [0.15, 0.2) is 48.5 Å². The summed E-state index contributed by atoms with van der Waals surface area (Å²) >= 11 is 0. The van der Waals surface area contributed by atoms with Gasteiger partial charge in [-0.3, -0.25) is 14.4 Å². The van der Waals surface area contributed by atoms with Gasteiger partial charge in [0.1, 0.15) is 5.75 Å². The number of nitrogens with one attached hydrogen (secondary N) is 1. The Morgan fingerprint density at radius 1 is 1.07 bits per heavy atom. The normalized spacial score (nSPS) is 16.0. The van der Waals surface area contributed by atoms with Gasteiger partial charge >= 0.3 is 5.97 Å². The van der Waals surface area contributed by atoms with Gasteiger partial charge in [-0.25, -0.2) is 4.79 Å². The van der Waals surface area contributed by atoms with Gasteiger partial charge < -0.3 is 19.7 Å². The van der Waals surface area contributed by atoms with Gasteiger partial charge in [-0.1, -0.05) is 24.3 Å². The molecule has 2 atom stereocenters. The number of benzene rings is 2. The van der Waals surface area contributed by atoms with Crippen LogP contribution in [-0.2, 0) is 19.1 Å². The number of hydrogen-bond donors (Lipinski definition) is 1. The predicted molar refractivity (Wildman–Crippen MR) is 110 cm³/mol. The zero-order valence-electron chi connectivity index (χ0n) is 16.9. The molecule has 0 aliphatic carbocycles. The Balaban J connectivity index is 1.68. The van der Waals surface area contributed by atoms with Crippen LogP contribution in [0, 0.1) is 0 Å². The molecule has 0 aromatic heterocycles. The van der Waals surface area contributed by atoms with E-state index in [9.17, 15) is 19.2 Å². The van der Waals surface area contributed by atoms with Crippen LogP contribution in [0.2, 0.25) is 0 Å². The quantitative estimate of drug-likeness (QED) is 0.600. The van der Waals surface area contributed by atoms with Crippen molar-refractivity contribution in [2.24, 2.45) is 0 Å². The monoisotopic (exact) mass is 410 g/mol. The van der Waals surface area contributed by atoms with E-state index in [1.54, 1.807) is 48.5 Å². The number of fused-ring (bicyclic) bond motifs is 1. The van der Waals surface area contributed by atoms with Gasteiger partial charge in [-0.15, -0.1) is 0 Å². The highest BCUT2D eigenvalue weighted by molar-refractivity contribution is 6.05. The number of nitrogens with zero attached hydrogens (tertiary/aromatic N) is 1. The molecule has 156 valence electrons. The molecule has 2 aromatic carbocycles. The third-order valence-electron chi connectivity index (χ3n) is 4.64. The Hall–Kier alpha value is -3.68. The van der Waals surface area contributed by atoms with Crippen LogP contribution in [0.25, 0.3) is 0 Å². The van der Waals surface area contributed by atoms with Crippen molar-refractivity contribution in [1.29, 1.82) is 0 Å². The van der Waals surface area contributed by atoms with Gasteiger partial charge in [0.25, 0.3) is 5.91 Å². The van der Waals surface area contributed by atoms with Crippen molar-refractivity contribution in [3.63, 3.8) is 0 Å². The van der Waals surface area contributed by atoms with Crippen LogP contribution in [0.4, 0.5) is 11.4 Å². The summed E-state index contributed by atoms with van der Waals surface area (Å²) in [6.45, 7) is 4.19. The second kappa shape index (κ2) is 8.77. The minimum absolute atomic E-state index is 0.0211. The second-order valence-electron chi connectivity index (χ2n) is 6.87. The zero-order valence-corrected chi connectivity index (χ0v) is 16.9. The Labute approximate surface area is 173 Å². The number of amides is 2. The highest BCUT2D eigenvalue weighted by atomic mass is 16.6. The summed E-state index contributed by atoms with van der Waals surface area (Å²) in [6.07, 6.45) is -2.20. The number of ether oxygens (including phenoxy) is 2. The van der Waals surface area contributed by atoms with E-state index in [1.165, 1.54) is 25.7 Å². The number of para-hydroxylation sites is 3. The standard InChI is InChI=1S/C22H22N2O6/c1-13(25)16-8-4-5-9-17(16)23-21(27)14(2)29-22(28)20-12-24(15(3)26)18-10-6-7-11-19(18)30-20/h4-11,14,20H,12H2,1-3H3,(H,23,27)/t14-,20+/m0/s1. The molecular formula is C22H22N2O6. The summed E-state index contributed by atoms with van der Waals surface area (Å²) in [4.78, 5) is 50.2. The molecule has 0 spiro atoms. The minimum atomic E-state index is -1.14. The molecule has 3 rings (SSSR count). The molecule has 2 amide bonds. The molecule has 0 saturated heterocycles. The highest BCUT2D eigenvalue weighted by Crippen LogP contribution is 2.33. The fraction of sp³-hybridized carbons (Fsp3) is 0.273. The second-order valence-corrected chi connectivity index (χ2v) is 6.87. The average molecular weight is 410 g/mol. The summed E-state index contributed by atoms with van der Waals surface area (Å²) in [6, 6.07) is 13.4. The van der Waals surface area contributed by atoms with Crippen LogP contribution in [0.1, 0.15) is 31.1 Å². The van der Waals surface area contributed by atoms with Gasteiger partial charge in [0, 0.05) is 12.5 Å². The van der Waals surface area contributed by atoms with Crippen molar-refractivity contribution in [2.75, 3.05) is 16.8 Å². The molecule has 0 radical (unpaired) electrons.